The molecule has 4 heteroatoms. The first-order chi connectivity index (χ1) is 8.42. The Morgan fingerprint density at radius 2 is 2.00 bits per heavy atom. The predicted octanol–water partition coefficient (Wildman–Crippen LogP) is 3.30. The van der Waals surface area contributed by atoms with E-state index in [0.717, 1.165) is 17.8 Å². The van der Waals surface area contributed by atoms with Gasteiger partial charge in [-0.2, -0.15) is 0 Å². The Bertz CT molecular complexity index is 619. The van der Waals surface area contributed by atoms with Gasteiger partial charge in [-0.15, -0.1) is 11.3 Å². The van der Waals surface area contributed by atoms with Crippen molar-refractivity contribution in [3.63, 3.8) is 0 Å². The number of benzene rings is 1. The summed E-state index contributed by atoms with van der Waals surface area (Å²) in [7, 11) is 0. The number of hydrogen-bond acceptors (Lipinski definition) is 4. The van der Waals surface area contributed by atoms with E-state index < -0.39 is 0 Å². The number of fused-ring (bicyclic) bond motifs is 1. The first-order valence-corrected chi connectivity index (χ1v) is 6.25. The lowest BCUT2D eigenvalue weighted by molar-refractivity contribution is 1.05. The van der Waals surface area contributed by atoms with Gasteiger partial charge in [0.05, 0.1) is 0 Å². The number of nitrogens with one attached hydrogen (secondary N) is 1. The Morgan fingerprint density at radius 1 is 1.12 bits per heavy atom. The summed E-state index contributed by atoms with van der Waals surface area (Å²) in [5, 5.41) is 6.76. The largest absolute Gasteiger partial charge is 0.381 e. The highest BCUT2D eigenvalue weighted by Crippen LogP contribution is 2.24. The Hall–Kier alpha value is -1.94. The molecule has 3 aromatic rings. The molecule has 0 atom stereocenters. The molecule has 0 saturated heterocycles. The van der Waals surface area contributed by atoms with Gasteiger partial charge in [0, 0.05) is 34.9 Å². The van der Waals surface area contributed by atoms with Crippen molar-refractivity contribution >= 4 is 27.1 Å². The van der Waals surface area contributed by atoms with Crippen LogP contribution in [0.15, 0.2) is 48.4 Å². The minimum Gasteiger partial charge on any atom is -0.381 e. The molecule has 0 bridgehead atoms. The molecule has 1 aromatic carbocycles. The van der Waals surface area contributed by atoms with Crippen molar-refractivity contribution < 1.29 is 0 Å². The third-order valence-corrected chi connectivity index (χ3v) is 3.46. The van der Waals surface area contributed by atoms with Crippen LogP contribution in [0.3, 0.4) is 0 Å². The molecule has 1 N–H and O–H groups in total. The van der Waals surface area contributed by atoms with Crippen LogP contribution < -0.4 is 5.32 Å². The van der Waals surface area contributed by atoms with Crippen molar-refractivity contribution in [3.05, 3.63) is 53.9 Å². The molecule has 0 saturated carbocycles. The van der Waals surface area contributed by atoms with Gasteiger partial charge >= 0.3 is 0 Å². The maximum atomic E-state index is 3.99. The van der Waals surface area contributed by atoms with E-state index in [1.54, 1.807) is 17.7 Å². The lowest BCUT2D eigenvalue weighted by atomic mass is 10.2. The first-order valence-electron chi connectivity index (χ1n) is 5.37. The average Bonchev–Trinajstić information content (AvgIpc) is 2.85. The van der Waals surface area contributed by atoms with Crippen molar-refractivity contribution in [1.29, 1.82) is 0 Å². The molecule has 84 valence electrons. The van der Waals surface area contributed by atoms with Gasteiger partial charge in [-0.3, -0.25) is 0 Å². The standard InChI is InChI=1S/C13H11N3S/c1-2-13-11(3-4-17-13)5-12(1)16-8-10-6-14-9-15-7-10/h1-7,9,16H,8H2. The van der Waals surface area contributed by atoms with Crippen LogP contribution in [0, 0.1) is 0 Å². The average molecular weight is 241 g/mol. The van der Waals surface area contributed by atoms with Crippen molar-refractivity contribution in [3.8, 4) is 0 Å². The summed E-state index contributed by atoms with van der Waals surface area (Å²) < 4.78 is 1.32. The van der Waals surface area contributed by atoms with Crippen LogP contribution in [-0.4, -0.2) is 9.97 Å². The monoisotopic (exact) mass is 241 g/mol. The van der Waals surface area contributed by atoms with E-state index in [-0.39, 0.29) is 0 Å². The van der Waals surface area contributed by atoms with Crippen LogP contribution in [0.25, 0.3) is 10.1 Å². The van der Waals surface area contributed by atoms with E-state index in [1.807, 2.05) is 12.4 Å². The maximum Gasteiger partial charge on any atom is 0.115 e. The quantitative estimate of drug-likeness (QED) is 0.764. The van der Waals surface area contributed by atoms with Crippen LogP contribution in [-0.2, 0) is 6.54 Å². The molecule has 0 unspecified atom stereocenters. The number of nitrogens with zero attached hydrogens (tertiary/aromatic N) is 2. The lowest BCUT2D eigenvalue weighted by Crippen LogP contribution is -1.99. The molecular formula is C13H11N3S. The molecule has 0 aliphatic rings. The Balaban J connectivity index is 1.76. The zero-order valence-corrected chi connectivity index (χ0v) is 9.95. The Labute approximate surface area is 103 Å². The number of aromatic nitrogens is 2. The van der Waals surface area contributed by atoms with E-state index in [9.17, 15) is 0 Å². The highest BCUT2D eigenvalue weighted by atomic mass is 32.1. The predicted molar refractivity (Wildman–Crippen MR) is 71.2 cm³/mol. The van der Waals surface area contributed by atoms with E-state index in [2.05, 4.69) is 44.9 Å². The van der Waals surface area contributed by atoms with E-state index in [0.29, 0.717) is 0 Å². The van der Waals surface area contributed by atoms with Gasteiger partial charge in [-0.1, -0.05) is 0 Å². The molecule has 0 spiro atoms. The van der Waals surface area contributed by atoms with Gasteiger partial charge in [0.25, 0.3) is 0 Å². The van der Waals surface area contributed by atoms with Crippen LogP contribution >= 0.6 is 11.3 Å². The first kappa shape index (κ1) is 10.2. The normalized spacial score (nSPS) is 10.6. The van der Waals surface area contributed by atoms with Gasteiger partial charge in [-0.05, 0) is 35.0 Å². The van der Waals surface area contributed by atoms with E-state index in [4.69, 9.17) is 0 Å². The van der Waals surface area contributed by atoms with Gasteiger partial charge < -0.3 is 5.32 Å². The molecule has 17 heavy (non-hydrogen) atoms. The second kappa shape index (κ2) is 4.51. The summed E-state index contributed by atoms with van der Waals surface area (Å²) >= 11 is 1.76. The van der Waals surface area contributed by atoms with Gasteiger partial charge in [0.1, 0.15) is 6.33 Å². The van der Waals surface area contributed by atoms with Crippen molar-refractivity contribution in [2.45, 2.75) is 6.54 Å². The van der Waals surface area contributed by atoms with Crippen molar-refractivity contribution in [2.24, 2.45) is 0 Å². The summed E-state index contributed by atoms with van der Waals surface area (Å²) in [6.07, 6.45) is 5.19. The van der Waals surface area contributed by atoms with Crippen molar-refractivity contribution in [2.75, 3.05) is 5.32 Å². The highest BCUT2D eigenvalue weighted by Gasteiger charge is 1.98. The molecule has 0 aliphatic heterocycles. The topological polar surface area (TPSA) is 37.8 Å². The molecule has 3 nitrogen and oxygen atoms in total. The van der Waals surface area contributed by atoms with E-state index in [1.165, 1.54) is 10.1 Å². The van der Waals surface area contributed by atoms with Gasteiger partial charge in [0.15, 0.2) is 0 Å². The molecule has 0 radical (unpaired) electrons. The lowest BCUT2D eigenvalue weighted by Gasteiger charge is -2.05. The minimum absolute atomic E-state index is 0.747. The summed E-state index contributed by atoms with van der Waals surface area (Å²) in [5.74, 6) is 0. The fourth-order valence-electron chi connectivity index (χ4n) is 1.70. The van der Waals surface area contributed by atoms with Gasteiger partial charge in [0.2, 0.25) is 0 Å². The van der Waals surface area contributed by atoms with Crippen LogP contribution in [0.5, 0.6) is 0 Å². The summed E-state index contributed by atoms with van der Waals surface area (Å²) in [4.78, 5) is 7.98. The Kier molecular flexibility index (Phi) is 2.71. The third kappa shape index (κ3) is 2.26. The van der Waals surface area contributed by atoms with Crippen LogP contribution in [0.1, 0.15) is 5.56 Å². The SMILES string of the molecule is c1ncc(CNc2ccc3sccc3c2)cn1. The fourth-order valence-corrected chi connectivity index (χ4v) is 2.47. The second-order valence-electron chi connectivity index (χ2n) is 3.77. The molecule has 2 heterocycles. The summed E-state index contributed by atoms with van der Waals surface area (Å²) in [6, 6.07) is 8.54. The highest BCUT2D eigenvalue weighted by molar-refractivity contribution is 7.17. The summed E-state index contributed by atoms with van der Waals surface area (Å²) in [6.45, 7) is 0.747. The van der Waals surface area contributed by atoms with E-state index >= 15 is 0 Å². The number of thiophene rings is 1. The molecule has 0 amide bonds. The third-order valence-electron chi connectivity index (χ3n) is 2.56. The number of rotatable bonds is 3. The molecule has 0 aliphatic carbocycles. The van der Waals surface area contributed by atoms with Crippen LogP contribution in [0.4, 0.5) is 5.69 Å². The zero-order chi connectivity index (χ0) is 11.5. The van der Waals surface area contributed by atoms with Gasteiger partial charge in [-0.25, -0.2) is 9.97 Å². The summed E-state index contributed by atoms with van der Waals surface area (Å²) in [5.41, 5.74) is 2.21. The minimum atomic E-state index is 0.747. The fraction of sp³-hybridized carbons (Fsp3) is 0.0769. The second-order valence-corrected chi connectivity index (χ2v) is 4.72. The molecule has 0 fully saturated rings. The molecule has 2 aromatic heterocycles. The Morgan fingerprint density at radius 3 is 2.88 bits per heavy atom. The number of hydrogen-bond donors (Lipinski definition) is 1. The van der Waals surface area contributed by atoms with Crippen molar-refractivity contribution in [1.82, 2.24) is 9.97 Å². The molecular weight excluding hydrogens is 230 g/mol. The maximum absolute atomic E-state index is 3.99. The smallest absolute Gasteiger partial charge is 0.115 e. The zero-order valence-electron chi connectivity index (χ0n) is 9.13. The van der Waals surface area contributed by atoms with Crippen LogP contribution in [0.2, 0.25) is 0 Å². The molecule has 3 rings (SSSR count). The number of anilines is 1.